The van der Waals surface area contributed by atoms with Crippen molar-refractivity contribution in [2.75, 3.05) is 6.61 Å². The van der Waals surface area contributed by atoms with Crippen LogP contribution in [-0.2, 0) is 19.4 Å². The van der Waals surface area contributed by atoms with Crippen molar-refractivity contribution in [2.24, 2.45) is 0 Å². The van der Waals surface area contributed by atoms with Crippen LogP contribution in [0.1, 0.15) is 52.4 Å². The highest BCUT2D eigenvalue weighted by molar-refractivity contribution is 5.97. The molecular formula is C28H31NO2. The number of carbonyl (C=O) groups excluding carboxylic acids is 1. The minimum atomic E-state index is 0.0476. The molecule has 0 radical (unpaired) electrons. The van der Waals surface area contributed by atoms with Gasteiger partial charge in [-0.05, 0) is 55.0 Å². The summed E-state index contributed by atoms with van der Waals surface area (Å²) in [4.78, 5) is 15.9. The molecule has 0 spiro atoms. The molecule has 0 bridgehead atoms. The fourth-order valence-electron chi connectivity index (χ4n) is 4.38. The van der Waals surface area contributed by atoms with Crippen LogP contribution in [0.3, 0.4) is 0 Å². The fourth-order valence-corrected chi connectivity index (χ4v) is 4.38. The van der Waals surface area contributed by atoms with E-state index in [4.69, 9.17) is 4.74 Å². The molecule has 3 heteroatoms. The number of fused-ring (bicyclic) bond motifs is 1. The zero-order valence-electron chi connectivity index (χ0n) is 18.5. The lowest BCUT2D eigenvalue weighted by molar-refractivity contribution is 0.0663. The number of hydrogen-bond acceptors (Lipinski definition) is 2. The molecule has 1 amide bonds. The van der Waals surface area contributed by atoms with Crippen molar-refractivity contribution >= 4 is 5.91 Å². The van der Waals surface area contributed by atoms with Gasteiger partial charge in [0.15, 0.2) is 0 Å². The van der Waals surface area contributed by atoms with Crippen LogP contribution >= 0.6 is 0 Å². The maximum Gasteiger partial charge on any atom is 0.258 e. The number of carbonyl (C=O) groups is 1. The molecule has 160 valence electrons. The average molecular weight is 414 g/mol. The largest absolute Gasteiger partial charge is 0.493 e. The average Bonchev–Trinajstić information content (AvgIpc) is 3.21. The van der Waals surface area contributed by atoms with Crippen LogP contribution in [-0.4, -0.2) is 23.5 Å². The predicted molar refractivity (Wildman–Crippen MR) is 126 cm³/mol. The predicted octanol–water partition coefficient (Wildman–Crippen LogP) is 5.98. The summed E-state index contributed by atoms with van der Waals surface area (Å²) in [6, 6.07) is 24.8. The first-order valence-corrected chi connectivity index (χ1v) is 11.3. The van der Waals surface area contributed by atoms with Gasteiger partial charge in [0.25, 0.3) is 5.91 Å². The summed E-state index contributed by atoms with van der Waals surface area (Å²) in [6.07, 6.45) is 3.84. The quantitative estimate of drug-likeness (QED) is 0.425. The molecule has 3 nitrogen and oxygen atoms in total. The molecule has 0 aromatic heterocycles. The van der Waals surface area contributed by atoms with Gasteiger partial charge in [-0.2, -0.15) is 0 Å². The molecule has 4 rings (SSSR count). The molecule has 0 unspecified atom stereocenters. The third-order valence-corrected chi connectivity index (χ3v) is 6.04. The molecule has 0 N–H and O–H groups in total. The molecule has 1 aliphatic rings. The minimum absolute atomic E-state index is 0.0476. The van der Waals surface area contributed by atoms with E-state index in [9.17, 15) is 4.79 Å². The lowest BCUT2D eigenvalue weighted by Crippen LogP contribution is -2.40. The highest BCUT2D eigenvalue weighted by atomic mass is 16.5. The van der Waals surface area contributed by atoms with Gasteiger partial charge in [0, 0.05) is 12.6 Å². The van der Waals surface area contributed by atoms with E-state index in [2.05, 4.69) is 67.3 Å². The first-order chi connectivity index (χ1) is 15.2. The van der Waals surface area contributed by atoms with Crippen molar-refractivity contribution < 1.29 is 9.53 Å². The molecule has 0 heterocycles. The van der Waals surface area contributed by atoms with Crippen LogP contribution in [0.25, 0.3) is 0 Å². The Hall–Kier alpha value is -3.07. The number of para-hydroxylation sites is 1. The Morgan fingerprint density at radius 3 is 2.39 bits per heavy atom. The van der Waals surface area contributed by atoms with E-state index in [1.807, 2.05) is 24.3 Å². The summed E-state index contributed by atoms with van der Waals surface area (Å²) in [6.45, 7) is 5.47. The lowest BCUT2D eigenvalue weighted by atomic mass is 10.1. The highest BCUT2D eigenvalue weighted by Gasteiger charge is 2.31. The maximum atomic E-state index is 13.9. The third kappa shape index (κ3) is 4.99. The number of unbranched alkanes of at least 4 members (excludes halogenated alkanes) is 1. The van der Waals surface area contributed by atoms with Gasteiger partial charge in [-0.15, -0.1) is 0 Å². The van der Waals surface area contributed by atoms with Crippen molar-refractivity contribution in [2.45, 2.75) is 52.1 Å². The van der Waals surface area contributed by atoms with Crippen LogP contribution in [0, 0.1) is 6.92 Å². The van der Waals surface area contributed by atoms with Crippen LogP contribution in [0.2, 0.25) is 0 Å². The second-order valence-corrected chi connectivity index (χ2v) is 8.45. The molecule has 0 saturated heterocycles. The molecular weight excluding hydrogens is 382 g/mol. The second kappa shape index (κ2) is 9.82. The number of amides is 1. The van der Waals surface area contributed by atoms with Gasteiger partial charge in [-0.3, -0.25) is 4.79 Å². The van der Waals surface area contributed by atoms with Gasteiger partial charge in [0.05, 0.1) is 12.2 Å². The Morgan fingerprint density at radius 1 is 0.968 bits per heavy atom. The molecule has 0 fully saturated rings. The molecule has 1 aliphatic carbocycles. The second-order valence-electron chi connectivity index (χ2n) is 8.45. The first kappa shape index (κ1) is 21.2. The van der Waals surface area contributed by atoms with Gasteiger partial charge >= 0.3 is 0 Å². The number of benzene rings is 3. The van der Waals surface area contributed by atoms with Crippen LogP contribution in [0.4, 0.5) is 0 Å². The minimum Gasteiger partial charge on any atom is -0.493 e. The van der Waals surface area contributed by atoms with Crippen molar-refractivity contribution in [1.29, 1.82) is 0 Å². The van der Waals surface area contributed by atoms with E-state index in [0.29, 0.717) is 24.5 Å². The fraction of sp³-hybridized carbons (Fsp3) is 0.321. The van der Waals surface area contributed by atoms with E-state index >= 15 is 0 Å². The van der Waals surface area contributed by atoms with Gasteiger partial charge in [0.1, 0.15) is 5.75 Å². The van der Waals surface area contributed by atoms with Crippen molar-refractivity contribution in [3.8, 4) is 5.75 Å². The number of hydrogen-bond donors (Lipinski definition) is 0. The van der Waals surface area contributed by atoms with Gasteiger partial charge in [-0.25, -0.2) is 0 Å². The summed E-state index contributed by atoms with van der Waals surface area (Å²) >= 11 is 0. The Labute approximate surface area is 185 Å². The maximum absolute atomic E-state index is 13.9. The van der Waals surface area contributed by atoms with E-state index in [1.54, 1.807) is 0 Å². The Balaban J connectivity index is 1.64. The smallest absolute Gasteiger partial charge is 0.258 e. The van der Waals surface area contributed by atoms with Crippen molar-refractivity contribution in [3.63, 3.8) is 0 Å². The van der Waals surface area contributed by atoms with Crippen molar-refractivity contribution in [1.82, 2.24) is 4.90 Å². The molecule has 3 aromatic rings. The Bertz CT molecular complexity index is 1020. The summed E-state index contributed by atoms with van der Waals surface area (Å²) in [5.41, 5.74) is 5.72. The standard InChI is InChI=1S/C28H31NO2/c1-3-4-16-31-27-15-8-7-14-26(27)28(30)29(20-22-11-9-10-21(2)17-22)25-18-23-12-5-6-13-24(23)19-25/h5-15,17,25H,3-4,16,18-20H2,1-2H3. The topological polar surface area (TPSA) is 29.5 Å². The molecule has 0 aliphatic heterocycles. The first-order valence-electron chi connectivity index (χ1n) is 11.3. The van der Waals surface area contributed by atoms with Crippen molar-refractivity contribution in [3.05, 3.63) is 101 Å². The summed E-state index contributed by atoms with van der Waals surface area (Å²) in [5, 5.41) is 0. The SMILES string of the molecule is CCCCOc1ccccc1C(=O)N(Cc1cccc(C)c1)C1Cc2ccccc2C1. The lowest BCUT2D eigenvalue weighted by Gasteiger charge is -2.30. The van der Waals surface area contributed by atoms with E-state index in [-0.39, 0.29) is 11.9 Å². The van der Waals surface area contributed by atoms with Gasteiger partial charge in [0.2, 0.25) is 0 Å². The zero-order valence-corrected chi connectivity index (χ0v) is 18.5. The zero-order chi connectivity index (χ0) is 21.6. The normalized spacial score (nSPS) is 13.1. The monoisotopic (exact) mass is 413 g/mol. The molecule has 0 atom stereocenters. The molecule has 31 heavy (non-hydrogen) atoms. The van der Waals surface area contributed by atoms with E-state index in [0.717, 1.165) is 31.2 Å². The highest BCUT2D eigenvalue weighted by Crippen LogP contribution is 2.30. The number of nitrogens with zero attached hydrogens (tertiary/aromatic N) is 1. The Morgan fingerprint density at radius 2 is 1.68 bits per heavy atom. The van der Waals surface area contributed by atoms with Crippen LogP contribution in [0.15, 0.2) is 72.8 Å². The number of ether oxygens (including phenoxy) is 1. The van der Waals surface area contributed by atoms with Gasteiger partial charge in [-0.1, -0.05) is 79.6 Å². The van der Waals surface area contributed by atoms with Crippen LogP contribution in [0.5, 0.6) is 5.75 Å². The number of rotatable bonds is 8. The third-order valence-electron chi connectivity index (χ3n) is 6.04. The van der Waals surface area contributed by atoms with E-state index < -0.39 is 0 Å². The van der Waals surface area contributed by atoms with Crippen LogP contribution < -0.4 is 4.74 Å². The molecule has 3 aromatic carbocycles. The van der Waals surface area contributed by atoms with Gasteiger partial charge < -0.3 is 9.64 Å². The number of aryl methyl sites for hydroxylation is 1. The van der Waals surface area contributed by atoms with E-state index in [1.165, 1.54) is 16.7 Å². The summed E-state index contributed by atoms with van der Waals surface area (Å²) in [7, 11) is 0. The Kier molecular flexibility index (Phi) is 6.71. The summed E-state index contributed by atoms with van der Waals surface area (Å²) < 4.78 is 6.00. The summed E-state index contributed by atoms with van der Waals surface area (Å²) in [5.74, 6) is 0.733. The molecule has 0 saturated carbocycles.